The summed E-state index contributed by atoms with van der Waals surface area (Å²) in [6, 6.07) is 7.52. The Morgan fingerprint density at radius 1 is 1.35 bits per heavy atom. The molecular weight excluding hydrogens is 364 g/mol. The number of aliphatic carboxylic acids is 1. The van der Waals surface area contributed by atoms with Gasteiger partial charge >= 0.3 is 12.1 Å². The van der Waals surface area contributed by atoms with E-state index >= 15 is 0 Å². The second-order valence-electron chi connectivity index (χ2n) is 5.38. The maximum atomic E-state index is 12.1. The van der Waals surface area contributed by atoms with E-state index in [1.165, 1.54) is 11.8 Å². The molecular formula is C16H14N2O7S. The molecule has 2 aliphatic heterocycles. The van der Waals surface area contributed by atoms with Gasteiger partial charge in [-0.1, -0.05) is 18.2 Å². The van der Waals surface area contributed by atoms with Crippen molar-refractivity contribution in [2.45, 2.75) is 11.4 Å². The van der Waals surface area contributed by atoms with E-state index in [2.05, 4.69) is 5.32 Å². The molecule has 2 N–H and O–H groups in total. The Balaban J connectivity index is 1.68. The Bertz CT molecular complexity index is 780. The third-order valence-corrected chi connectivity index (χ3v) is 5.15. The lowest BCUT2D eigenvalue weighted by molar-refractivity contribution is -0.149. The van der Waals surface area contributed by atoms with Gasteiger partial charge in [0.1, 0.15) is 29.5 Å². The van der Waals surface area contributed by atoms with Crippen LogP contribution in [0.4, 0.5) is 4.79 Å². The summed E-state index contributed by atoms with van der Waals surface area (Å²) >= 11 is 1.28. The van der Waals surface area contributed by atoms with E-state index in [4.69, 9.17) is 9.47 Å². The summed E-state index contributed by atoms with van der Waals surface area (Å²) in [5.41, 5.74) is 0.0527. The molecule has 10 heteroatoms. The highest BCUT2D eigenvalue weighted by atomic mass is 32.2. The van der Waals surface area contributed by atoms with E-state index in [-0.39, 0.29) is 23.6 Å². The normalized spacial score (nSPS) is 21.4. The minimum Gasteiger partial charge on any atom is -0.477 e. The molecule has 1 aromatic rings. The fourth-order valence-corrected chi connectivity index (χ4v) is 3.99. The molecule has 9 nitrogen and oxygen atoms in total. The number of fused-ring (bicyclic) bond motifs is 1. The third-order valence-electron chi connectivity index (χ3n) is 3.81. The van der Waals surface area contributed by atoms with Crippen LogP contribution in [0, 0.1) is 0 Å². The second-order valence-corrected chi connectivity index (χ2v) is 6.49. The molecule has 0 spiro atoms. The number of β-lactam (4-membered cyclic amide) rings is 1. The lowest BCUT2D eigenvalue weighted by Crippen LogP contribution is -2.69. The van der Waals surface area contributed by atoms with E-state index in [0.29, 0.717) is 12.2 Å². The number of amides is 2. The number of carboxylic acids is 1. The lowest BCUT2D eigenvalue weighted by atomic mass is 10.0. The fourth-order valence-electron chi connectivity index (χ4n) is 2.65. The van der Waals surface area contributed by atoms with Crippen molar-refractivity contribution in [1.29, 1.82) is 0 Å². The number of para-hydroxylation sites is 1. The van der Waals surface area contributed by atoms with Crippen LogP contribution in [0.25, 0.3) is 0 Å². The van der Waals surface area contributed by atoms with E-state index in [1.54, 1.807) is 30.3 Å². The van der Waals surface area contributed by atoms with Crippen LogP contribution in [0.2, 0.25) is 0 Å². The number of hydrogen-bond donors (Lipinski definition) is 2. The molecule has 2 aliphatic rings. The monoisotopic (exact) mass is 378 g/mol. The molecule has 0 bridgehead atoms. The summed E-state index contributed by atoms with van der Waals surface area (Å²) in [7, 11) is 0. The van der Waals surface area contributed by atoms with Crippen LogP contribution in [0.3, 0.4) is 0 Å². The summed E-state index contributed by atoms with van der Waals surface area (Å²) in [5, 5.41) is 11.3. The van der Waals surface area contributed by atoms with Crippen molar-refractivity contribution >= 4 is 36.2 Å². The highest BCUT2D eigenvalue weighted by Gasteiger charge is 2.53. The summed E-state index contributed by atoms with van der Waals surface area (Å²) in [5.74, 6) is -1.28. The maximum Gasteiger partial charge on any atom is 0.514 e. The molecule has 1 saturated heterocycles. The Kier molecular flexibility index (Phi) is 5.12. The van der Waals surface area contributed by atoms with Gasteiger partial charge < -0.3 is 19.9 Å². The molecule has 2 atom stereocenters. The van der Waals surface area contributed by atoms with Crippen molar-refractivity contribution < 1.29 is 33.8 Å². The first-order valence-electron chi connectivity index (χ1n) is 7.52. The molecule has 0 aliphatic carbocycles. The van der Waals surface area contributed by atoms with Gasteiger partial charge in [0.2, 0.25) is 6.41 Å². The van der Waals surface area contributed by atoms with E-state index in [0.717, 1.165) is 4.90 Å². The Labute approximate surface area is 151 Å². The van der Waals surface area contributed by atoms with Gasteiger partial charge in [0.25, 0.3) is 5.91 Å². The Morgan fingerprint density at radius 2 is 2.08 bits per heavy atom. The maximum absolute atomic E-state index is 12.1. The molecule has 0 saturated carbocycles. The number of carbonyl (C=O) groups is 4. The average Bonchev–Trinajstić information content (AvgIpc) is 2.64. The van der Waals surface area contributed by atoms with Crippen molar-refractivity contribution in [3.8, 4) is 5.75 Å². The zero-order valence-corrected chi connectivity index (χ0v) is 14.1. The number of nitrogens with one attached hydrogen (secondary N) is 1. The summed E-state index contributed by atoms with van der Waals surface area (Å²) in [4.78, 5) is 47.0. The molecule has 2 heterocycles. The number of rotatable bonds is 6. The molecule has 2 amide bonds. The van der Waals surface area contributed by atoms with Crippen molar-refractivity contribution in [2.75, 3.05) is 12.4 Å². The number of thioether (sulfide) groups is 1. The number of ether oxygens (including phenoxy) is 2. The molecule has 1 unspecified atom stereocenters. The first kappa shape index (κ1) is 17.8. The Morgan fingerprint density at radius 3 is 2.73 bits per heavy atom. The Hall–Kier alpha value is -3.01. The number of nitrogens with zero attached hydrogens (tertiary/aromatic N) is 1. The second kappa shape index (κ2) is 7.48. The van der Waals surface area contributed by atoms with E-state index < -0.39 is 29.4 Å². The van der Waals surface area contributed by atoms with Crippen molar-refractivity contribution in [3.05, 3.63) is 41.6 Å². The molecule has 1 aromatic carbocycles. The molecule has 0 aromatic heterocycles. The minimum absolute atomic E-state index is 0.227. The standard InChI is InChI=1S/C16H14N2O7S/c19-8-17-11-13(20)18-12(15(21)22)9(7-26-14(11)18)6-24-16(23)25-10-4-2-1-3-5-10/h1-5,8,11,14H,6-7H2,(H,17,19)(H,21,22)/t11?,14-/m0/s1. The smallest absolute Gasteiger partial charge is 0.477 e. The van der Waals surface area contributed by atoms with Crippen LogP contribution >= 0.6 is 11.8 Å². The van der Waals surface area contributed by atoms with Crippen molar-refractivity contribution in [2.24, 2.45) is 0 Å². The predicted octanol–water partition coefficient (Wildman–Crippen LogP) is 0.570. The van der Waals surface area contributed by atoms with Gasteiger partial charge in [-0.05, 0) is 12.1 Å². The van der Waals surface area contributed by atoms with Gasteiger partial charge in [-0.3, -0.25) is 14.5 Å². The topological polar surface area (TPSA) is 122 Å². The van der Waals surface area contributed by atoms with Gasteiger partial charge in [0, 0.05) is 11.3 Å². The third kappa shape index (κ3) is 3.36. The number of carboxylic acid groups (broad SMARTS) is 1. The van der Waals surface area contributed by atoms with Crippen LogP contribution in [-0.2, 0) is 19.1 Å². The van der Waals surface area contributed by atoms with Gasteiger partial charge in [-0.2, -0.15) is 0 Å². The predicted molar refractivity (Wildman–Crippen MR) is 89.2 cm³/mol. The zero-order valence-electron chi connectivity index (χ0n) is 13.3. The highest BCUT2D eigenvalue weighted by molar-refractivity contribution is 8.00. The van der Waals surface area contributed by atoms with Crippen LogP contribution < -0.4 is 10.1 Å². The van der Waals surface area contributed by atoms with Crippen LogP contribution in [0.15, 0.2) is 41.6 Å². The van der Waals surface area contributed by atoms with Gasteiger partial charge in [-0.25, -0.2) is 9.59 Å². The van der Waals surface area contributed by atoms with E-state index in [1.807, 2.05) is 0 Å². The minimum atomic E-state index is -1.30. The fraction of sp³-hybridized carbons (Fsp3) is 0.250. The average molecular weight is 378 g/mol. The summed E-state index contributed by atoms with van der Waals surface area (Å²) in [6.45, 7) is -0.317. The molecule has 136 valence electrons. The number of benzene rings is 1. The number of hydrogen-bond acceptors (Lipinski definition) is 7. The lowest BCUT2D eigenvalue weighted by Gasteiger charge is -2.48. The first-order chi connectivity index (χ1) is 12.5. The first-order valence-corrected chi connectivity index (χ1v) is 8.57. The van der Waals surface area contributed by atoms with Crippen LogP contribution in [0.1, 0.15) is 0 Å². The SMILES string of the molecule is O=CNC1C(=O)N2C(C(=O)O)=C(COC(=O)Oc3ccccc3)CS[C@@H]12. The van der Waals surface area contributed by atoms with Gasteiger partial charge in [0.15, 0.2) is 0 Å². The largest absolute Gasteiger partial charge is 0.514 e. The van der Waals surface area contributed by atoms with Gasteiger partial charge in [0.05, 0.1) is 0 Å². The summed E-state index contributed by atoms with van der Waals surface area (Å²) < 4.78 is 9.94. The quantitative estimate of drug-likeness (QED) is 0.319. The zero-order chi connectivity index (χ0) is 18.7. The summed E-state index contributed by atoms with van der Waals surface area (Å²) in [6.07, 6.45) is -0.570. The van der Waals surface area contributed by atoms with Crippen LogP contribution in [-0.4, -0.2) is 58.2 Å². The van der Waals surface area contributed by atoms with E-state index in [9.17, 15) is 24.3 Å². The molecule has 1 fully saturated rings. The van der Waals surface area contributed by atoms with Crippen molar-refractivity contribution in [1.82, 2.24) is 10.2 Å². The molecule has 26 heavy (non-hydrogen) atoms. The molecule has 0 radical (unpaired) electrons. The highest BCUT2D eigenvalue weighted by Crippen LogP contribution is 2.40. The molecule has 3 rings (SSSR count). The number of carbonyl (C=O) groups excluding carboxylic acids is 3. The van der Waals surface area contributed by atoms with Crippen LogP contribution in [0.5, 0.6) is 5.75 Å². The van der Waals surface area contributed by atoms with Crippen molar-refractivity contribution in [3.63, 3.8) is 0 Å². The van der Waals surface area contributed by atoms with Gasteiger partial charge in [-0.15, -0.1) is 11.8 Å².